The smallest absolute Gasteiger partial charge is 0.257 e. The molecule has 0 spiro atoms. The molecule has 2 amide bonds. The number of likely N-dealkylation sites (tertiary alicyclic amines) is 1. The fourth-order valence-electron chi connectivity index (χ4n) is 3.94. The van der Waals surface area contributed by atoms with Crippen LogP contribution in [0.15, 0.2) is 78.9 Å². The lowest BCUT2D eigenvalue weighted by Crippen LogP contribution is -2.37. The van der Waals surface area contributed by atoms with Crippen LogP contribution < -0.4 is 20.1 Å². The molecule has 3 aromatic carbocycles. The highest BCUT2D eigenvalue weighted by Crippen LogP contribution is 2.20. The maximum absolute atomic E-state index is 13.0. The highest BCUT2D eigenvalue weighted by Gasteiger charge is 2.21. The number of hydrogen-bond donors (Lipinski definition) is 2. The van der Waals surface area contributed by atoms with Crippen LogP contribution in [0.5, 0.6) is 11.5 Å². The number of piperidine rings is 1. The first-order valence-electron chi connectivity index (χ1n) is 12.0. The largest absolute Gasteiger partial charge is 0.490 e. The van der Waals surface area contributed by atoms with Gasteiger partial charge in [0.25, 0.3) is 11.8 Å². The van der Waals surface area contributed by atoms with Crippen LogP contribution in [0, 0.1) is 0 Å². The average molecular weight is 504 g/mol. The summed E-state index contributed by atoms with van der Waals surface area (Å²) < 4.78 is 11.3. The van der Waals surface area contributed by atoms with Crippen LogP contribution in [0.25, 0.3) is 0 Å². The van der Waals surface area contributed by atoms with Crippen molar-refractivity contribution in [1.29, 1.82) is 0 Å². The van der Waals surface area contributed by atoms with Crippen LogP contribution in [-0.4, -0.2) is 48.1 Å². The van der Waals surface area contributed by atoms with E-state index in [4.69, 9.17) is 21.7 Å². The summed E-state index contributed by atoms with van der Waals surface area (Å²) >= 11 is 5.36. The third-order valence-corrected chi connectivity index (χ3v) is 5.94. The van der Waals surface area contributed by atoms with E-state index in [1.165, 1.54) is 0 Å². The molecule has 0 unspecified atom stereocenters. The van der Waals surface area contributed by atoms with Gasteiger partial charge in [0.15, 0.2) is 5.11 Å². The molecule has 0 aromatic heterocycles. The molecular formula is C28H29N3O4S. The van der Waals surface area contributed by atoms with Gasteiger partial charge in [-0.2, -0.15) is 0 Å². The number of nitrogens with one attached hydrogen (secondary N) is 2. The van der Waals surface area contributed by atoms with E-state index < -0.39 is 0 Å². The van der Waals surface area contributed by atoms with Crippen molar-refractivity contribution >= 4 is 34.8 Å². The normalized spacial score (nSPS) is 12.9. The molecule has 1 heterocycles. The molecule has 186 valence electrons. The molecule has 0 saturated carbocycles. The number of hydrogen-bond acceptors (Lipinski definition) is 5. The van der Waals surface area contributed by atoms with Gasteiger partial charge in [-0.05, 0) is 73.9 Å². The zero-order valence-corrected chi connectivity index (χ0v) is 20.8. The van der Waals surface area contributed by atoms with Crippen LogP contribution in [0.1, 0.15) is 40.0 Å². The summed E-state index contributed by atoms with van der Waals surface area (Å²) in [5.74, 6) is 0.913. The number of benzene rings is 3. The Morgan fingerprint density at radius 2 is 1.47 bits per heavy atom. The number of carbonyl (C=O) groups is 2. The molecule has 0 bridgehead atoms. The van der Waals surface area contributed by atoms with Crippen LogP contribution in [-0.2, 0) is 0 Å². The second-order valence-electron chi connectivity index (χ2n) is 8.34. The van der Waals surface area contributed by atoms with Gasteiger partial charge < -0.3 is 19.7 Å². The van der Waals surface area contributed by atoms with Gasteiger partial charge in [-0.15, -0.1) is 0 Å². The maximum atomic E-state index is 13.0. The van der Waals surface area contributed by atoms with Crippen LogP contribution in [0.3, 0.4) is 0 Å². The average Bonchev–Trinajstić information content (AvgIpc) is 2.92. The summed E-state index contributed by atoms with van der Waals surface area (Å²) in [5.41, 5.74) is 1.50. The molecule has 8 heteroatoms. The van der Waals surface area contributed by atoms with Gasteiger partial charge in [0.1, 0.15) is 24.7 Å². The Hall–Kier alpha value is -3.91. The summed E-state index contributed by atoms with van der Waals surface area (Å²) in [4.78, 5) is 27.7. The molecular weight excluding hydrogens is 474 g/mol. The molecule has 1 aliphatic heterocycles. The van der Waals surface area contributed by atoms with Crippen molar-refractivity contribution in [3.8, 4) is 11.5 Å². The lowest BCUT2D eigenvalue weighted by Gasteiger charge is -2.27. The molecule has 1 fully saturated rings. The van der Waals surface area contributed by atoms with Gasteiger partial charge in [0, 0.05) is 18.7 Å². The van der Waals surface area contributed by atoms with Gasteiger partial charge in [-0.3, -0.25) is 14.9 Å². The van der Waals surface area contributed by atoms with E-state index in [9.17, 15) is 9.59 Å². The van der Waals surface area contributed by atoms with Crippen LogP contribution in [0.2, 0.25) is 0 Å². The Morgan fingerprint density at radius 1 is 0.806 bits per heavy atom. The van der Waals surface area contributed by atoms with Gasteiger partial charge in [0.05, 0.1) is 11.3 Å². The van der Waals surface area contributed by atoms with Crippen molar-refractivity contribution in [2.45, 2.75) is 19.3 Å². The second kappa shape index (κ2) is 12.7. The molecule has 0 aliphatic carbocycles. The lowest BCUT2D eigenvalue weighted by molar-refractivity contribution is 0.0725. The minimum atomic E-state index is -0.377. The number of anilines is 1. The molecule has 1 aliphatic rings. The number of thiocarbonyl (C=S) groups is 1. The first kappa shape index (κ1) is 25.2. The molecule has 36 heavy (non-hydrogen) atoms. The van der Waals surface area contributed by atoms with E-state index >= 15 is 0 Å². The van der Waals surface area contributed by atoms with E-state index in [0.717, 1.165) is 38.1 Å². The predicted molar refractivity (Wildman–Crippen MR) is 144 cm³/mol. The summed E-state index contributed by atoms with van der Waals surface area (Å²) in [5, 5.41) is 5.80. The third kappa shape index (κ3) is 7.05. The standard InChI is InChI=1S/C28H29N3O4S/c32-26(21-10-9-13-23(20-21)35-19-18-34-22-11-3-1-4-12-22)30-28(36)29-25-15-6-5-14-24(25)27(33)31-16-7-2-8-17-31/h1,3-6,9-15,20H,2,7-8,16-19H2,(H2,29,30,32,36). The molecule has 2 N–H and O–H groups in total. The Labute approximate surface area is 216 Å². The maximum Gasteiger partial charge on any atom is 0.257 e. The summed E-state index contributed by atoms with van der Waals surface area (Å²) in [6, 6.07) is 23.5. The van der Waals surface area contributed by atoms with E-state index in [1.54, 1.807) is 36.4 Å². The SMILES string of the molecule is O=C(NC(=S)Nc1ccccc1C(=O)N1CCCCC1)c1cccc(OCCOc2ccccc2)c1. The van der Waals surface area contributed by atoms with Gasteiger partial charge in [-0.1, -0.05) is 36.4 Å². The first-order chi connectivity index (χ1) is 17.6. The van der Waals surface area contributed by atoms with Crippen molar-refractivity contribution in [2.75, 3.05) is 31.6 Å². The van der Waals surface area contributed by atoms with Gasteiger partial charge in [-0.25, -0.2) is 0 Å². The number of amides is 2. The molecule has 3 aromatic rings. The second-order valence-corrected chi connectivity index (χ2v) is 8.75. The van der Waals surface area contributed by atoms with E-state index in [-0.39, 0.29) is 16.9 Å². The van der Waals surface area contributed by atoms with E-state index in [2.05, 4.69) is 10.6 Å². The van der Waals surface area contributed by atoms with Crippen molar-refractivity contribution in [3.63, 3.8) is 0 Å². The van der Waals surface area contributed by atoms with E-state index in [1.807, 2.05) is 47.4 Å². The van der Waals surface area contributed by atoms with E-state index in [0.29, 0.717) is 35.8 Å². The Morgan fingerprint density at radius 3 is 2.25 bits per heavy atom. The Balaban J connectivity index is 1.30. The van der Waals surface area contributed by atoms with Crippen molar-refractivity contribution in [2.24, 2.45) is 0 Å². The van der Waals surface area contributed by atoms with Crippen molar-refractivity contribution < 1.29 is 19.1 Å². The fraction of sp³-hybridized carbons (Fsp3) is 0.250. The van der Waals surface area contributed by atoms with Crippen LogP contribution >= 0.6 is 12.2 Å². The van der Waals surface area contributed by atoms with Gasteiger partial charge >= 0.3 is 0 Å². The molecule has 0 atom stereocenters. The molecule has 4 rings (SSSR count). The monoisotopic (exact) mass is 503 g/mol. The summed E-state index contributed by atoms with van der Waals surface area (Å²) in [6.07, 6.45) is 3.17. The highest BCUT2D eigenvalue weighted by atomic mass is 32.1. The zero-order chi connectivity index (χ0) is 25.2. The Kier molecular flexibility index (Phi) is 8.88. The fourth-order valence-corrected chi connectivity index (χ4v) is 4.14. The predicted octanol–water partition coefficient (Wildman–Crippen LogP) is 4.90. The molecule has 0 radical (unpaired) electrons. The van der Waals surface area contributed by atoms with Gasteiger partial charge in [0.2, 0.25) is 0 Å². The topological polar surface area (TPSA) is 79.9 Å². The van der Waals surface area contributed by atoms with Crippen molar-refractivity contribution in [3.05, 3.63) is 90.0 Å². The zero-order valence-electron chi connectivity index (χ0n) is 19.9. The number of nitrogens with zero attached hydrogens (tertiary/aromatic N) is 1. The quantitative estimate of drug-likeness (QED) is 0.336. The third-order valence-electron chi connectivity index (χ3n) is 5.74. The molecule has 7 nitrogen and oxygen atoms in total. The number of carbonyl (C=O) groups excluding carboxylic acids is 2. The Bertz CT molecular complexity index is 1200. The minimum absolute atomic E-state index is 0.0342. The summed E-state index contributed by atoms with van der Waals surface area (Å²) in [6.45, 7) is 2.22. The highest BCUT2D eigenvalue weighted by molar-refractivity contribution is 7.80. The van der Waals surface area contributed by atoms with Crippen molar-refractivity contribution in [1.82, 2.24) is 10.2 Å². The number of ether oxygens (including phenoxy) is 2. The summed E-state index contributed by atoms with van der Waals surface area (Å²) in [7, 11) is 0. The number of rotatable bonds is 8. The first-order valence-corrected chi connectivity index (χ1v) is 12.4. The molecule has 1 saturated heterocycles. The lowest BCUT2D eigenvalue weighted by atomic mass is 10.1. The number of para-hydroxylation sites is 2. The minimum Gasteiger partial charge on any atom is -0.490 e. The van der Waals surface area contributed by atoms with Crippen LogP contribution in [0.4, 0.5) is 5.69 Å².